The predicted molar refractivity (Wildman–Crippen MR) is 94.6 cm³/mol. The largest absolute Gasteiger partial charge is 0.351 e. The van der Waals surface area contributed by atoms with Crippen LogP contribution in [-0.4, -0.2) is 47.7 Å². The van der Waals surface area contributed by atoms with Crippen molar-refractivity contribution in [1.82, 2.24) is 15.2 Å². The van der Waals surface area contributed by atoms with E-state index in [2.05, 4.69) is 20.5 Å². The Morgan fingerprint density at radius 3 is 2.71 bits per heavy atom. The molecule has 1 atom stereocenters. The van der Waals surface area contributed by atoms with Crippen molar-refractivity contribution in [3.63, 3.8) is 0 Å². The Hall–Kier alpha value is -1.93. The fraction of sp³-hybridized carbons (Fsp3) is 0.400. The fourth-order valence-corrected chi connectivity index (χ4v) is 4.63. The third-order valence-electron chi connectivity index (χ3n) is 3.93. The highest BCUT2D eigenvalue weighted by atomic mass is 35.5. The van der Waals surface area contributed by atoms with Crippen molar-refractivity contribution in [2.75, 3.05) is 28.3 Å². The molecular formula is C15H18ClN5O2S. The van der Waals surface area contributed by atoms with Crippen LogP contribution in [0.15, 0.2) is 30.5 Å². The minimum absolute atomic E-state index is 0.0694. The average molecular weight is 368 g/mol. The molecule has 24 heavy (non-hydrogen) atoms. The molecule has 7 nitrogen and oxygen atoms in total. The Kier molecular flexibility index (Phi) is 4.86. The van der Waals surface area contributed by atoms with Crippen LogP contribution >= 0.6 is 11.6 Å². The lowest BCUT2D eigenvalue weighted by Crippen LogP contribution is -2.37. The Morgan fingerprint density at radius 2 is 2.08 bits per heavy atom. The minimum atomic E-state index is -2.95. The number of sulfone groups is 1. The second-order valence-corrected chi connectivity index (χ2v) is 8.28. The summed E-state index contributed by atoms with van der Waals surface area (Å²) >= 11 is 5.87. The Labute approximate surface area is 146 Å². The van der Waals surface area contributed by atoms with E-state index in [1.165, 1.54) is 0 Å². The summed E-state index contributed by atoms with van der Waals surface area (Å²) in [6.07, 6.45) is 2.17. The zero-order valence-corrected chi connectivity index (χ0v) is 14.8. The van der Waals surface area contributed by atoms with Gasteiger partial charge in [0.1, 0.15) is 0 Å². The fourth-order valence-electron chi connectivity index (χ4n) is 2.78. The van der Waals surface area contributed by atoms with Gasteiger partial charge in [-0.15, -0.1) is 5.10 Å². The number of rotatable bonds is 5. The number of hydrogen-bond donors (Lipinski definition) is 1. The molecule has 1 fully saturated rings. The van der Waals surface area contributed by atoms with Crippen molar-refractivity contribution in [3.05, 3.63) is 35.5 Å². The topological polar surface area (TPSA) is 88.1 Å². The van der Waals surface area contributed by atoms with Gasteiger partial charge in [0.2, 0.25) is 5.95 Å². The molecule has 9 heteroatoms. The molecule has 0 amide bonds. The van der Waals surface area contributed by atoms with Crippen LogP contribution in [0.1, 0.15) is 13.3 Å². The van der Waals surface area contributed by atoms with Crippen molar-refractivity contribution in [2.24, 2.45) is 0 Å². The summed E-state index contributed by atoms with van der Waals surface area (Å²) in [4.78, 5) is 6.43. The quantitative estimate of drug-likeness (QED) is 0.867. The second-order valence-electron chi connectivity index (χ2n) is 5.61. The SMILES string of the molecule is CCN(c1cnnc(Nc2ccc(Cl)cc2)n1)C1CCS(=O)(=O)C1. The number of anilines is 3. The van der Waals surface area contributed by atoms with Gasteiger partial charge in [-0.25, -0.2) is 8.42 Å². The smallest absolute Gasteiger partial charge is 0.249 e. The lowest BCUT2D eigenvalue weighted by atomic mass is 10.2. The van der Waals surface area contributed by atoms with E-state index in [1.807, 2.05) is 24.0 Å². The normalized spacial score (nSPS) is 19.2. The molecule has 0 bridgehead atoms. The molecule has 0 saturated carbocycles. The van der Waals surface area contributed by atoms with E-state index < -0.39 is 9.84 Å². The summed E-state index contributed by atoms with van der Waals surface area (Å²) in [7, 11) is -2.95. The van der Waals surface area contributed by atoms with Gasteiger partial charge in [0.15, 0.2) is 15.7 Å². The molecule has 2 heterocycles. The van der Waals surface area contributed by atoms with E-state index in [0.717, 1.165) is 5.69 Å². The van der Waals surface area contributed by atoms with E-state index in [9.17, 15) is 8.42 Å². The van der Waals surface area contributed by atoms with Gasteiger partial charge < -0.3 is 10.2 Å². The van der Waals surface area contributed by atoms with Gasteiger partial charge in [-0.2, -0.15) is 10.1 Å². The van der Waals surface area contributed by atoms with Gasteiger partial charge in [0.05, 0.1) is 17.7 Å². The number of halogens is 1. The van der Waals surface area contributed by atoms with Crippen LogP contribution in [-0.2, 0) is 9.84 Å². The van der Waals surface area contributed by atoms with Gasteiger partial charge in [-0.1, -0.05) is 11.6 Å². The predicted octanol–water partition coefficient (Wildman–Crippen LogP) is 2.28. The summed E-state index contributed by atoms with van der Waals surface area (Å²) in [5.74, 6) is 1.35. The van der Waals surface area contributed by atoms with E-state index in [-0.39, 0.29) is 17.5 Å². The highest BCUT2D eigenvalue weighted by molar-refractivity contribution is 7.91. The lowest BCUT2D eigenvalue weighted by molar-refractivity contribution is 0.599. The van der Waals surface area contributed by atoms with Crippen molar-refractivity contribution < 1.29 is 8.42 Å². The van der Waals surface area contributed by atoms with Crippen LogP contribution in [0.3, 0.4) is 0 Å². The van der Waals surface area contributed by atoms with Gasteiger partial charge in [-0.3, -0.25) is 0 Å². The number of nitrogens with zero attached hydrogens (tertiary/aromatic N) is 4. The second kappa shape index (κ2) is 6.90. The number of nitrogens with one attached hydrogen (secondary N) is 1. The Balaban J connectivity index is 1.79. The maximum absolute atomic E-state index is 11.7. The number of aromatic nitrogens is 3. The molecule has 0 aliphatic carbocycles. The molecule has 2 aromatic rings. The summed E-state index contributed by atoms with van der Waals surface area (Å²) < 4.78 is 23.5. The molecule has 1 aromatic carbocycles. The standard InChI is InChI=1S/C15H18ClN5O2S/c1-2-21(13-7-8-24(22,23)10-13)14-9-17-20-15(19-14)18-12-5-3-11(16)4-6-12/h3-6,9,13H,2,7-8,10H2,1H3,(H,18,19,20). The third kappa shape index (κ3) is 3.93. The van der Waals surface area contributed by atoms with E-state index in [1.54, 1.807) is 18.3 Å². The number of benzene rings is 1. The number of hydrogen-bond acceptors (Lipinski definition) is 7. The van der Waals surface area contributed by atoms with Gasteiger partial charge in [0.25, 0.3) is 0 Å². The summed E-state index contributed by atoms with van der Waals surface area (Å²) in [5.41, 5.74) is 0.796. The van der Waals surface area contributed by atoms with E-state index >= 15 is 0 Å². The van der Waals surface area contributed by atoms with Crippen LogP contribution in [0.4, 0.5) is 17.5 Å². The zero-order chi connectivity index (χ0) is 17.2. The van der Waals surface area contributed by atoms with E-state index in [0.29, 0.717) is 29.8 Å². The zero-order valence-electron chi connectivity index (χ0n) is 13.2. The first-order valence-corrected chi connectivity index (χ1v) is 9.86. The molecule has 1 N–H and O–H groups in total. The van der Waals surface area contributed by atoms with Crippen molar-refractivity contribution in [3.8, 4) is 0 Å². The molecule has 1 aliphatic heterocycles. The summed E-state index contributed by atoms with van der Waals surface area (Å²) in [6.45, 7) is 2.62. The minimum Gasteiger partial charge on any atom is -0.351 e. The van der Waals surface area contributed by atoms with Gasteiger partial charge in [0, 0.05) is 23.3 Å². The maximum atomic E-state index is 11.7. The first-order chi connectivity index (χ1) is 11.5. The third-order valence-corrected chi connectivity index (χ3v) is 5.93. The van der Waals surface area contributed by atoms with Crippen LogP contribution < -0.4 is 10.2 Å². The Morgan fingerprint density at radius 1 is 1.33 bits per heavy atom. The molecule has 0 radical (unpaired) electrons. The van der Waals surface area contributed by atoms with Gasteiger partial charge in [-0.05, 0) is 37.6 Å². The van der Waals surface area contributed by atoms with Crippen molar-refractivity contribution >= 4 is 38.9 Å². The molecule has 1 unspecified atom stereocenters. The first kappa shape index (κ1) is 16.9. The summed E-state index contributed by atoms with van der Waals surface area (Å²) in [6, 6.07) is 7.10. The molecule has 1 aliphatic rings. The molecule has 3 rings (SSSR count). The van der Waals surface area contributed by atoms with Gasteiger partial charge >= 0.3 is 0 Å². The van der Waals surface area contributed by atoms with E-state index in [4.69, 9.17) is 11.6 Å². The Bertz CT molecular complexity index is 813. The van der Waals surface area contributed by atoms with Crippen LogP contribution in [0.25, 0.3) is 0 Å². The molecule has 1 saturated heterocycles. The van der Waals surface area contributed by atoms with Crippen molar-refractivity contribution in [1.29, 1.82) is 0 Å². The van der Waals surface area contributed by atoms with Crippen molar-refractivity contribution in [2.45, 2.75) is 19.4 Å². The van der Waals surface area contributed by atoms with Crippen LogP contribution in [0.2, 0.25) is 5.02 Å². The first-order valence-electron chi connectivity index (χ1n) is 7.66. The molecular weight excluding hydrogens is 350 g/mol. The molecule has 1 aromatic heterocycles. The average Bonchev–Trinajstić information content (AvgIpc) is 2.91. The highest BCUT2D eigenvalue weighted by Gasteiger charge is 2.32. The van der Waals surface area contributed by atoms with Crippen LogP contribution in [0.5, 0.6) is 0 Å². The lowest BCUT2D eigenvalue weighted by Gasteiger charge is -2.27. The maximum Gasteiger partial charge on any atom is 0.249 e. The highest BCUT2D eigenvalue weighted by Crippen LogP contribution is 2.23. The molecule has 0 spiro atoms. The monoisotopic (exact) mass is 367 g/mol. The summed E-state index contributed by atoms with van der Waals surface area (Å²) in [5, 5.41) is 11.7. The van der Waals surface area contributed by atoms with Crippen LogP contribution in [0, 0.1) is 0 Å². The molecule has 128 valence electrons.